The fourth-order valence-electron chi connectivity index (χ4n) is 7.53. The van der Waals surface area contributed by atoms with Crippen molar-refractivity contribution < 1.29 is 33.4 Å². The molecule has 304 valence electrons. The van der Waals surface area contributed by atoms with Crippen LogP contribution in [0.4, 0.5) is 9.59 Å². The highest BCUT2D eigenvalue weighted by Gasteiger charge is 2.42. The highest BCUT2D eigenvalue weighted by atomic mass is 32.2. The highest BCUT2D eigenvalue weighted by Crippen LogP contribution is 2.38. The summed E-state index contributed by atoms with van der Waals surface area (Å²) in [6, 6.07) is 14.3. The number of carbonyl (C=O) groups excluding carboxylic acids is 4. The molecule has 2 aliphatic rings. The molecule has 2 fully saturated rings. The number of ether oxygens (including phenoxy) is 3. The minimum atomic E-state index is -0.916. The summed E-state index contributed by atoms with van der Waals surface area (Å²) in [5.41, 5.74) is 5.69. The van der Waals surface area contributed by atoms with Gasteiger partial charge in [-0.3, -0.25) is 9.59 Å². The molecule has 4 aromatic rings. The van der Waals surface area contributed by atoms with Gasteiger partial charge in [-0.25, -0.2) is 19.6 Å². The molecule has 57 heavy (non-hydrogen) atoms. The molecule has 2 aliphatic heterocycles. The third-order valence-electron chi connectivity index (χ3n) is 10.9. The van der Waals surface area contributed by atoms with Crippen molar-refractivity contribution in [3.8, 4) is 33.6 Å². The molecule has 15 nitrogen and oxygen atoms in total. The number of nitrogens with zero attached hydrogens (tertiary/aromatic N) is 4. The first-order valence-corrected chi connectivity index (χ1v) is 20.4. The van der Waals surface area contributed by atoms with Gasteiger partial charge in [-0.05, 0) is 60.6 Å². The lowest BCUT2D eigenvalue weighted by atomic mass is 10.0. The van der Waals surface area contributed by atoms with E-state index in [0.717, 1.165) is 52.3 Å². The Morgan fingerprint density at radius 3 is 1.72 bits per heavy atom. The molecule has 6 rings (SSSR count). The molecule has 0 saturated carbocycles. The molecule has 0 aliphatic carbocycles. The number of imidazole rings is 2. The summed E-state index contributed by atoms with van der Waals surface area (Å²) < 4.78 is 15.0. The Balaban J connectivity index is 1.13. The Morgan fingerprint density at radius 1 is 0.737 bits per heavy atom. The Labute approximate surface area is 337 Å². The number of benzene rings is 2. The van der Waals surface area contributed by atoms with Crippen LogP contribution < -0.4 is 10.6 Å². The number of aromatic amines is 2. The molecule has 16 heteroatoms. The van der Waals surface area contributed by atoms with E-state index in [1.54, 1.807) is 40.9 Å². The number of amides is 4. The van der Waals surface area contributed by atoms with Crippen molar-refractivity contribution in [1.29, 1.82) is 0 Å². The van der Waals surface area contributed by atoms with E-state index < -0.39 is 30.4 Å². The summed E-state index contributed by atoms with van der Waals surface area (Å²) in [6.07, 6.45) is 6.06. The van der Waals surface area contributed by atoms with Crippen LogP contribution in [0, 0.1) is 5.92 Å². The van der Waals surface area contributed by atoms with E-state index in [2.05, 4.69) is 49.9 Å². The van der Waals surface area contributed by atoms with E-state index in [-0.39, 0.29) is 35.1 Å². The van der Waals surface area contributed by atoms with Crippen LogP contribution in [0.5, 0.6) is 0 Å². The number of nitrogens with one attached hydrogen (secondary N) is 4. The van der Waals surface area contributed by atoms with Crippen LogP contribution in [-0.4, -0.2) is 118 Å². The van der Waals surface area contributed by atoms with E-state index in [1.807, 2.05) is 44.4 Å². The van der Waals surface area contributed by atoms with Crippen LogP contribution in [0.15, 0.2) is 60.9 Å². The summed E-state index contributed by atoms with van der Waals surface area (Å²) in [5, 5.41) is 5.54. The van der Waals surface area contributed by atoms with E-state index in [9.17, 15) is 19.2 Å². The number of carbonyl (C=O) groups is 4. The number of likely N-dealkylation sites (tertiary alicyclic amines) is 2. The first-order valence-electron chi connectivity index (χ1n) is 19.1. The normalized spacial score (nSPS) is 19.6. The fourth-order valence-corrected chi connectivity index (χ4v) is 8.22. The molecule has 4 amide bonds. The Hall–Kier alpha value is -5.35. The van der Waals surface area contributed by atoms with Crippen molar-refractivity contribution >= 4 is 35.8 Å². The Morgan fingerprint density at radius 2 is 1.23 bits per heavy atom. The van der Waals surface area contributed by atoms with Crippen LogP contribution in [0.25, 0.3) is 33.6 Å². The number of hydrogen-bond donors (Lipinski definition) is 4. The van der Waals surface area contributed by atoms with Crippen LogP contribution in [-0.2, 0) is 23.8 Å². The summed E-state index contributed by atoms with van der Waals surface area (Å²) in [7, 11) is 4.05. The smallest absolute Gasteiger partial charge is 0.407 e. The molecule has 0 bridgehead atoms. The van der Waals surface area contributed by atoms with Crippen molar-refractivity contribution in [2.24, 2.45) is 5.92 Å². The van der Waals surface area contributed by atoms with Crippen LogP contribution in [0.2, 0.25) is 0 Å². The number of thioether (sulfide) groups is 1. The molecule has 2 saturated heterocycles. The Bertz CT molecular complexity index is 2020. The predicted molar refractivity (Wildman–Crippen MR) is 217 cm³/mol. The maximum atomic E-state index is 13.8. The Kier molecular flexibility index (Phi) is 13.2. The van der Waals surface area contributed by atoms with Gasteiger partial charge < -0.3 is 44.6 Å². The minimum Gasteiger partial charge on any atom is -0.453 e. The molecule has 0 spiro atoms. The maximum Gasteiger partial charge on any atom is 0.407 e. The average molecular weight is 801 g/mol. The second kappa shape index (κ2) is 18.3. The zero-order chi connectivity index (χ0) is 40.8. The van der Waals surface area contributed by atoms with E-state index in [0.29, 0.717) is 25.3 Å². The van der Waals surface area contributed by atoms with Crippen molar-refractivity contribution in [2.45, 2.75) is 75.6 Å². The van der Waals surface area contributed by atoms with E-state index >= 15 is 0 Å². The van der Waals surface area contributed by atoms with Crippen molar-refractivity contribution in [1.82, 2.24) is 40.4 Å². The van der Waals surface area contributed by atoms with Gasteiger partial charge in [-0.15, -0.1) is 0 Å². The lowest BCUT2D eigenvalue weighted by Gasteiger charge is -2.30. The summed E-state index contributed by atoms with van der Waals surface area (Å²) in [4.78, 5) is 71.3. The second-order valence-corrected chi connectivity index (χ2v) is 15.9. The van der Waals surface area contributed by atoms with Crippen molar-refractivity contribution in [2.75, 3.05) is 40.7 Å². The quantitative estimate of drug-likeness (QED) is 0.126. The van der Waals surface area contributed by atoms with Crippen LogP contribution in [0.1, 0.15) is 63.8 Å². The first kappa shape index (κ1) is 41.3. The maximum absolute atomic E-state index is 13.8. The summed E-state index contributed by atoms with van der Waals surface area (Å²) in [5.74, 6) is 0.891. The van der Waals surface area contributed by atoms with Crippen LogP contribution >= 0.6 is 11.8 Å². The molecular formula is C41H52N8O7S. The van der Waals surface area contributed by atoms with Gasteiger partial charge in [0.2, 0.25) is 11.8 Å². The number of hydrogen-bond acceptors (Lipinski definition) is 10. The van der Waals surface area contributed by atoms with Crippen molar-refractivity contribution in [3.63, 3.8) is 0 Å². The third kappa shape index (κ3) is 9.12. The molecule has 0 radical (unpaired) electrons. The van der Waals surface area contributed by atoms with E-state index in [4.69, 9.17) is 19.2 Å². The van der Waals surface area contributed by atoms with E-state index in [1.165, 1.54) is 21.3 Å². The third-order valence-corrected chi connectivity index (χ3v) is 11.9. The SMILES string of the molecule is COC(=O)N[C@H](C(=O)N1CCC[C@H]1c1ncc(-c2ccc(-c3ccc(-c4cnc([C@@H]5C[C@H](SC)CN5C(=O)[C@@H](NC(=O)OC)C(C)OC)[nH]4)cc3)cc2)[nH]1)C(C)C. The lowest BCUT2D eigenvalue weighted by molar-refractivity contribution is -0.137. The predicted octanol–water partition coefficient (Wildman–Crippen LogP) is 5.94. The molecule has 4 N–H and O–H groups in total. The molecule has 2 aromatic carbocycles. The molecule has 4 heterocycles. The molecule has 1 unspecified atom stereocenters. The average Bonchev–Trinajstić information content (AvgIpc) is 4.07. The van der Waals surface area contributed by atoms with Gasteiger partial charge in [0.1, 0.15) is 23.7 Å². The van der Waals surface area contributed by atoms with Gasteiger partial charge in [-0.1, -0.05) is 62.4 Å². The van der Waals surface area contributed by atoms with Gasteiger partial charge in [0, 0.05) is 25.4 Å². The number of rotatable bonds is 13. The zero-order valence-electron chi connectivity index (χ0n) is 33.4. The summed E-state index contributed by atoms with van der Waals surface area (Å²) in [6.45, 7) is 6.64. The van der Waals surface area contributed by atoms with Gasteiger partial charge in [-0.2, -0.15) is 11.8 Å². The molecular weight excluding hydrogens is 749 g/mol. The molecule has 2 aromatic heterocycles. The number of aromatic nitrogens is 4. The van der Waals surface area contributed by atoms with Gasteiger partial charge >= 0.3 is 12.2 Å². The highest BCUT2D eigenvalue weighted by molar-refractivity contribution is 7.99. The lowest BCUT2D eigenvalue weighted by Crippen LogP contribution is -2.54. The van der Waals surface area contributed by atoms with Crippen LogP contribution in [0.3, 0.4) is 0 Å². The van der Waals surface area contributed by atoms with Gasteiger partial charge in [0.15, 0.2) is 0 Å². The number of methoxy groups -OCH3 is 3. The second-order valence-electron chi connectivity index (χ2n) is 14.7. The topological polar surface area (TPSA) is 184 Å². The van der Waals surface area contributed by atoms with Crippen molar-refractivity contribution in [3.05, 3.63) is 72.6 Å². The summed E-state index contributed by atoms with van der Waals surface area (Å²) >= 11 is 1.70. The standard InChI is InChI=1S/C41H52N8O7S/c1-23(2)34(46-40(52)55-5)38(50)48-18-8-9-32(48)36-42-20-30(44-36)27-14-10-25(11-15-27)26-12-16-28(17-13-26)31-21-43-37(45-31)33-19-29(57-7)22-49(33)39(51)35(24(3)54-4)47-41(53)56-6/h10-17,20-21,23-24,29,32-35H,8-9,18-19,22H2,1-7H3,(H,42,44)(H,43,45)(H,46,52)(H,47,53)/t24?,29-,32-,33-,34-,35-/m0/s1. The zero-order valence-corrected chi connectivity index (χ0v) is 34.2. The fraction of sp³-hybridized carbons (Fsp3) is 0.463. The largest absolute Gasteiger partial charge is 0.453 e. The monoisotopic (exact) mass is 800 g/mol. The molecule has 6 atom stereocenters. The first-order chi connectivity index (χ1) is 27.5. The number of alkyl carbamates (subject to hydrolysis) is 2. The van der Waals surface area contributed by atoms with Gasteiger partial charge in [0.05, 0.1) is 56.2 Å². The van der Waals surface area contributed by atoms with Gasteiger partial charge in [0.25, 0.3) is 0 Å². The minimum absolute atomic E-state index is 0.109. The number of H-pyrrole nitrogens is 2.